The van der Waals surface area contributed by atoms with Crippen molar-refractivity contribution in [3.8, 4) is 0 Å². The summed E-state index contributed by atoms with van der Waals surface area (Å²) in [6, 6.07) is 0. The van der Waals surface area contributed by atoms with Gasteiger partial charge in [0.2, 0.25) is 5.91 Å². The first kappa shape index (κ1) is 11.6. The Hall–Kier alpha value is -2.24. The van der Waals surface area contributed by atoms with Crippen LogP contribution in [0, 0.1) is 0 Å². The molecule has 2 N–H and O–H groups in total. The smallest absolute Gasteiger partial charge is 0.273 e. The number of rotatable bonds is 3. The predicted octanol–water partition coefficient (Wildman–Crippen LogP) is 1.09. The van der Waals surface area contributed by atoms with E-state index in [1.165, 1.54) is 11.1 Å². The minimum Gasteiger partial charge on any atom is -0.357 e. The Morgan fingerprint density at radius 2 is 2.10 bits per heavy atom. The predicted molar refractivity (Wildman–Crippen MR) is 70.4 cm³/mol. The van der Waals surface area contributed by atoms with Gasteiger partial charge in [0.1, 0.15) is 5.54 Å². The van der Waals surface area contributed by atoms with Gasteiger partial charge in [0, 0.05) is 19.0 Å². The van der Waals surface area contributed by atoms with E-state index in [4.69, 9.17) is 0 Å². The van der Waals surface area contributed by atoms with Gasteiger partial charge in [-0.2, -0.15) is 0 Å². The molecule has 0 aromatic heterocycles. The maximum atomic E-state index is 12.4. The number of likely N-dealkylation sites (N-methyl/N-ethyl adjacent to an activating group) is 1. The topological polar surface area (TPSA) is 82.9 Å². The highest BCUT2D eigenvalue weighted by molar-refractivity contribution is 6.01. The van der Waals surface area contributed by atoms with Crippen molar-refractivity contribution in [1.82, 2.24) is 10.6 Å². The van der Waals surface area contributed by atoms with Crippen LogP contribution in [0.5, 0.6) is 0 Å². The zero-order valence-electron chi connectivity index (χ0n) is 11.1. The molecule has 4 rings (SSSR count). The molecule has 6 heteroatoms. The number of nitrogens with zero attached hydrogens (tertiary/aromatic N) is 2. The van der Waals surface area contributed by atoms with Gasteiger partial charge in [-0.25, -0.2) is 0 Å². The van der Waals surface area contributed by atoms with Gasteiger partial charge < -0.3 is 10.6 Å². The SMILES string of the molecule is CNC(=O)C1(NC(=O)C2=C3C=C4CC4=C3N=N2)CCC1. The maximum Gasteiger partial charge on any atom is 0.273 e. The Balaban J connectivity index is 1.59. The Morgan fingerprint density at radius 3 is 2.75 bits per heavy atom. The summed E-state index contributed by atoms with van der Waals surface area (Å²) in [5.74, 6) is -0.440. The largest absolute Gasteiger partial charge is 0.357 e. The number of azo groups is 1. The summed E-state index contributed by atoms with van der Waals surface area (Å²) >= 11 is 0. The monoisotopic (exact) mass is 270 g/mol. The molecule has 4 aliphatic rings. The quantitative estimate of drug-likeness (QED) is 0.804. The van der Waals surface area contributed by atoms with Crippen LogP contribution in [0.4, 0.5) is 0 Å². The number of allylic oxidation sites excluding steroid dienone is 3. The van der Waals surface area contributed by atoms with Crippen molar-refractivity contribution in [2.75, 3.05) is 7.05 Å². The van der Waals surface area contributed by atoms with E-state index in [1.54, 1.807) is 7.05 Å². The molecule has 6 nitrogen and oxygen atoms in total. The first-order valence-corrected chi connectivity index (χ1v) is 6.80. The molecule has 0 bridgehead atoms. The average molecular weight is 270 g/mol. The zero-order chi connectivity index (χ0) is 13.9. The first-order chi connectivity index (χ1) is 9.64. The summed E-state index contributed by atoms with van der Waals surface area (Å²) in [7, 11) is 1.59. The first-order valence-electron chi connectivity index (χ1n) is 6.80. The number of amides is 2. The van der Waals surface area contributed by atoms with Crippen LogP contribution in [0.25, 0.3) is 0 Å². The van der Waals surface area contributed by atoms with Crippen LogP contribution in [0.1, 0.15) is 25.7 Å². The van der Waals surface area contributed by atoms with E-state index in [2.05, 4.69) is 20.9 Å². The Morgan fingerprint density at radius 1 is 1.30 bits per heavy atom. The number of carbonyl (C=O) groups excluding carboxylic acids is 2. The molecule has 0 aromatic carbocycles. The lowest BCUT2D eigenvalue weighted by atomic mass is 9.76. The van der Waals surface area contributed by atoms with Gasteiger partial charge in [0.25, 0.3) is 5.91 Å². The van der Waals surface area contributed by atoms with Crippen molar-refractivity contribution < 1.29 is 9.59 Å². The molecule has 2 fully saturated rings. The van der Waals surface area contributed by atoms with Crippen molar-refractivity contribution >= 4 is 11.8 Å². The van der Waals surface area contributed by atoms with Gasteiger partial charge in [-0.15, -0.1) is 10.2 Å². The van der Waals surface area contributed by atoms with E-state index < -0.39 is 5.54 Å². The fraction of sp³-hybridized carbons (Fsp3) is 0.429. The van der Waals surface area contributed by atoms with Crippen molar-refractivity contribution in [2.24, 2.45) is 10.2 Å². The van der Waals surface area contributed by atoms with Crippen LogP contribution in [0.15, 0.2) is 44.4 Å². The second-order valence-corrected chi connectivity index (χ2v) is 5.60. The Kier molecular flexibility index (Phi) is 2.11. The highest BCUT2D eigenvalue weighted by Crippen LogP contribution is 2.51. The molecular weight excluding hydrogens is 256 g/mol. The van der Waals surface area contributed by atoms with Crippen LogP contribution in [0.3, 0.4) is 0 Å². The molecule has 2 amide bonds. The highest BCUT2D eigenvalue weighted by atomic mass is 16.2. The number of hydrogen-bond donors (Lipinski definition) is 2. The van der Waals surface area contributed by atoms with Gasteiger partial charge >= 0.3 is 0 Å². The van der Waals surface area contributed by atoms with Crippen LogP contribution in [-0.2, 0) is 9.59 Å². The van der Waals surface area contributed by atoms with Gasteiger partial charge in [-0.1, -0.05) is 0 Å². The molecule has 0 spiro atoms. The molecule has 0 atom stereocenters. The maximum absolute atomic E-state index is 12.4. The summed E-state index contributed by atoms with van der Waals surface area (Å²) in [5.41, 5.74) is 3.68. The zero-order valence-corrected chi connectivity index (χ0v) is 11.1. The lowest BCUT2D eigenvalue weighted by Gasteiger charge is -2.40. The third-order valence-corrected chi connectivity index (χ3v) is 4.43. The molecule has 0 saturated heterocycles. The van der Waals surface area contributed by atoms with E-state index in [-0.39, 0.29) is 11.8 Å². The number of carbonyl (C=O) groups is 2. The van der Waals surface area contributed by atoms with Gasteiger partial charge in [-0.05, 0) is 36.5 Å². The highest BCUT2D eigenvalue weighted by Gasteiger charge is 2.46. The fourth-order valence-corrected chi connectivity index (χ4v) is 3.00. The minimum atomic E-state index is -0.764. The molecule has 0 radical (unpaired) electrons. The molecule has 2 saturated carbocycles. The number of hydrogen-bond acceptors (Lipinski definition) is 4. The minimum absolute atomic E-state index is 0.135. The van der Waals surface area contributed by atoms with E-state index >= 15 is 0 Å². The van der Waals surface area contributed by atoms with E-state index in [1.807, 2.05) is 6.08 Å². The van der Waals surface area contributed by atoms with Crippen LogP contribution < -0.4 is 10.6 Å². The third kappa shape index (κ3) is 1.39. The summed E-state index contributed by atoms with van der Waals surface area (Å²) in [6.07, 6.45) is 5.24. The molecule has 1 aliphatic heterocycles. The van der Waals surface area contributed by atoms with E-state index in [0.29, 0.717) is 18.5 Å². The molecule has 3 aliphatic carbocycles. The molecule has 0 unspecified atom stereocenters. The second-order valence-electron chi connectivity index (χ2n) is 5.60. The summed E-state index contributed by atoms with van der Waals surface area (Å²) in [4.78, 5) is 24.3. The molecule has 1 heterocycles. The van der Waals surface area contributed by atoms with Crippen molar-refractivity contribution in [3.63, 3.8) is 0 Å². The summed E-state index contributed by atoms with van der Waals surface area (Å²) in [5, 5.41) is 13.5. The van der Waals surface area contributed by atoms with Crippen LogP contribution in [0.2, 0.25) is 0 Å². The van der Waals surface area contributed by atoms with E-state index in [9.17, 15) is 9.59 Å². The van der Waals surface area contributed by atoms with Gasteiger partial charge in [0.05, 0.1) is 5.70 Å². The summed E-state index contributed by atoms with van der Waals surface area (Å²) < 4.78 is 0. The fourth-order valence-electron chi connectivity index (χ4n) is 3.00. The molecule has 102 valence electrons. The Labute approximate surface area is 115 Å². The number of nitrogens with one attached hydrogen (secondary N) is 2. The van der Waals surface area contributed by atoms with E-state index in [0.717, 1.165) is 24.1 Å². The van der Waals surface area contributed by atoms with Gasteiger partial charge in [0.15, 0.2) is 5.70 Å². The van der Waals surface area contributed by atoms with Crippen molar-refractivity contribution in [2.45, 2.75) is 31.2 Å². The van der Waals surface area contributed by atoms with Gasteiger partial charge in [-0.3, -0.25) is 9.59 Å². The van der Waals surface area contributed by atoms with Crippen molar-refractivity contribution in [3.05, 3.63) is 34.2 Å². The molecular formula is C14H14N4O2. The van der Waals surface area contributed by atoms with Crippen molar-refractivity contribution in [1.29, 1.82) is 0 Å². The summed E-state index contributed by atoms with van der Waals surface area (Å²) in [6.45, 7) is 0. The lowest BCUT2D eigenvalue weighted by molar-refractivity contribution is -0.135. The Bertz CT molecular complexity index is 677. The molecule has 20 heavy (non-hydrogen) atoms. The van der Waals surface area contributed by atoms with Crippen LogP contribution in [-0.4, -0.2) is 24.4 Å². The lowest BCUT2D eigenvalue weighted by Crippen LogP contribution is -2.62. The third-order valence-electron chi connectivity index (χ3n) is 4.43. The number of fused-ring (bicyclic) bond motifs is 2. The average Bonchev–Trinajstić information content (AvgIpc) is 2.88. The normalized spacial score (nSPS) is 23.9. The molecule has 0 aromatic rings. The van der Waals surface area contributed by atoms with Crippen LogP contribution >= 0.6 is 0 Å². The second kappa shape index (κ2) is 3.65. The standard InChI is InChI=1S/C14H14N4O2/c1-15-13(20)14(3-2-4-14)16-12(19)11-9-6-7-5-8(7)10(9)17-18-11/h6H,2-5H2,1H3,(H,15,20)(H,16,19).